The van der Waals surface area contributed by atoms with Gasteiger partial charge in [0, 0.05) is 6.54 Å². The topological polar surface area (TPSA) is 38.0 Å². The number of aryl methyl sites for hydroxylation is 2. The van der Waals surface area contributed by atoms with Gasteiger partial charge in [-0.05, 0) is 49.2 Å². The second kappa shape index (κ2) is 5.30. The van der Waals surface area contributed by atoms with Gasteiger partial charge in [0.05, 0.1) is 23.2 Å². The van der Waals surface area contributed by atoms with E-state index in [1.807, 2.05) is 30.5 Å². The van der Waals surface area contributed by atoms with Crippen LogP contribution < -0.4 is 0 Å². The Labute approximate surface area is 122 Å². The molecule has 3 aromatic rings. The first-order chi connectivity index (χ1) is 10.1. The molecule has 0 amide bonds. The van der Waals surface area contributed by atoms with Crippen LogP contribution in [-0.2, 0) is 6.54 Å². The molecule has 0 saturated carbocycles. The molecule has 0 saturated heterocycles. The molecule has 1 N–H and O–H groups in total. The minimum Gasteiger partial charge on any atom is -0.395 e. The molecule has 0 spiro atoms. The summed E-state index contributed by atoms with van der Waals surface area (Å²) in [5.41, 5.74) is 4.51. The van der Waals surface area contributed by atoms with Crippen LogP contribution in [0.5, 0.6) is 0 Å². The largest absolute Gasteiger partial charge is 0.395 e. The molecule has 0 bridgehead atoms. The van der Waals surface area contributed by atoms with Gasteiger partial charge in [-0.2, -0.15) is 0 Å². The highest BCUT2D eigenvalue weighted by atomic mass is 19.1. The standard InChI is InChI=1S/C17H17FN2O/c1-11-9-15-16(10-12(11)2)20(7-8-21)17(19-15)13-5-3-4-6-14(13)18/h3-6,9-10,21H,7-8H2,1-2H3. The van der Waals surface area contributed by atoms with Crippen molar-refractivity contribution in [2.24, 2.45) is 0 Å². The summed E-state index contributed by atoms with van der Waals surface area (Å²) >= 11 is 0. The molecular weight excluding hydrogens is 267 g/mol. The number of hydrogen-bond donors (Lipinski definition) is 1. The molecule has 0 aliphatic carbocycles. The van der Waals surface area contributed by atoms with Crippen LogP contribution in [-0.4, -0.2) is 21.3 Å². The predicted molar refractivity (Wildman–Crippen MR) is 81.7 cm³/mol. The molecule has 108 valence electrons. The van der Waals surface area contributed by atoms with Gasteiger partial charge < -0.3 is 9.67 Å². The third kappa shape index (κ3) is 2.32. The highest BCUT2D eigenvalue weighted by Crippen LogP contribution is 2.28. The number of hydrogen-bond acceptors (Lipinski definition) is 2. The maximum Gasteiger partial charge on any atom is 0.144 e. The lowest BCUT2D eigenvalue weighted by Crippen LogP contribution is -2.05. The number of imidazole rings is 1. The van der Waals surface area contributed by atoms with Crippen LogP contribution in [0.2, 0.25) is 0 Å². The average Bonchev–Trinajstić information content (AvgIpc) is 2.79. The Bertz CT molecular complexity index is 808. The maximum absolute atomic E-state index is 14.1. The van der Waals surface area contributed by atoms with Crippen molar-refractivity contribution >= 4 is 11.0 Å². The smallest absolute Gasteiger partial charge is 0.144 e. The molecule has 2 aromatic carbocycles. The third-order valence-corrected chi connectivity index (χ3v) is 3.80. The molecular formula is C17H17FN2O. The van der Waals surface area contributed by atoms with Crippen molar-refractivity contribution in [1.82, 2.24) is 9.55 Å². The van der Waals surface area contributed by atoms with Crippen molar-refractivity contribution in [1.29, 1.82) is 0 Å². The monoisotopic (exact) mass is 284 g/mol. The number of nitrogens with zero attached hydrogens (tertiary/aromatic N) is 2. The van der Waals surface area contributed by atoms with E-state index >= 15 is 0 Å². The molecule has 0 radical (unpaired) electrons. The van der Waals surface area contributed by atoms with E-state index in [1.165, 1.54) is 6.07 Å². The summed E-state index contributed by atoms with van der Waals surface area (Å²) in [6.45, 7) is 4.44. The maximum atomic E-state index is 14.1. The summed E-state index contributed by atoms with van der Waals surface area (Å²) in [5, 5.41) is 9.32. The van der Waals surface area contributed by atoms with Crippen molar-refractivity contribution in [2.45, 2.75) is 20.4 Å². The zero-order valence-corrected chi connectivity index (χ0v) is 12.1. The zero-order chi connectivity index (χ0) is 15.0. The van der Waals surface area contributed by atoms with Crippen LogP contribution in [0.15, 0.2) is 36.4 Å². The van der Waals surface area contributed by atoms with E-state index in [0.717, 1.165) is 22.2 Å². The van der Waals surface area contributed by atoms with Crippen LogP contribution in [0, 0.1) is 19.7 Å². The molecule has 1 aromatic heterocycles. The molecule has 21 heavy (non-hydrogen) atoms. The van der Waals surface area contributed by atoms with Crippen LogP contribution in [0.3, 0.4) is 0 Å². The molecule has 1 heterocycles. The number of fused-ring (bicyclic) bond motifs is 1. The van der Waals surface area contributed by atoms with Crippen LogP contribution in [0.1, 0.15) is 11.1 Å². The Morgan fingerprint density at radius 1 is 1.14 bits per heavy atom. The van der Waals surface area contributed by atoms with E-state index in [-0.39, 0.29) is 12.4 Å². The first kappa shape index (κ1) is 13.8. The average molecular weight is 284 g/mol. The van der Waals surface area contributed by atoms with Crippen LogP contribution in [0.25, 0.3) is 22.4 Å². The SMILES string of the molecule is Cc1cc2nc(-c3ccccc3F)n(CCO)c2cc1C. The van der Waals surface area contributed by atoms with E-state index in [1.54, 1.807) is 18.2 Å². The first-order valence-electron chi connectivity index (χ1n) is 6.95. The van der Waals surface area contributed by atoms with Gasteiger partial charge in [0.1, 0.15) is 11.6 Å². The fourth-order valence-corrected chi connectivity index (χ4v) is 2.55. The van der Waals surface area contributed by atoms with Gasteiger partial charge in [-0.3, -0.25) is 0 Å². The van der Waals surface area contributed by atoms with E-state index < -0.39 is 0 Å². The summed E-state index contributed by atoms with van der Waals surface area (Å²) in [4.78, 5) is 4.58. The van der Waals surface area contributed by atoms with Gasteiger partial charge in [0.25, 0.3) is 0 Å². The van der Waals surface area contributed by atoms with Gasteiger partial charge in [-0.25, -0.2) is 9.37 Å². The number of aliphatic hydroxyl groups is 1. The van der Waals surface area contributed by atoms with Crippen LogP contribution >= 0.6 is 0 Å². The first-order valence-corrected chi connectivity index (χ1v) is 6.95. The summed E-state index contributed by atoms with van der Waals surface area (Å²) in [7, 11) is 0. The van der Waals surface area contributed by atoms with Crippen molar-refractivity contribution in [3.63, 3.8) is 0 Å². The quantitative estimate of drug-likeness (QED) is 0.800. The molecule has 0 fully saturated rings. The van der Waals surface area contributed by atoms with Gasteiger partial charge in [-0.15, -0.1) is 0 Å². The van der Waals surface area contributed by atoms with Gasteiger partial charge >= 0.3 is 0 Å². The number of aromatic nitrogens is 2. The highest BCUT2D eigenvalue weighted by molar-refractivity contribution is 5.82. The Balaban J connectivity index is 2.32. The van der Waals surface area contributed by atoms with Crippen LogP contribution in [0.4, 0.5) is 4.39 Å². The van der Waals surface area contributed by atoms with E-state index in [9.17, 15) is 9.50 Å². The Morgan fingerprint density at radius 2 is 1.86 bits per heavy atom. The lowest BCUT2D eigenvalue weighted by Gasteiger charge is -2.08. The minimum absolute atomic E-state index is 0.0141. The fraction of sp³-hybridized carbons (Fsp3) is 0.235. The normalized spacial score (nSPS) is 11.2. The summed E-state index contributed by atoms with van der Waals surface area (Å²) in [6.07, 6.45) is 0. The lowest BCUT2D eigenvalue weighted by atomic mass is 10.1. The fourth-order valence-electron chi connectivity index (χ4n) is 2.55. The molecule has 0 aliphatic rings. The number of rotatable bonds is 3. The Kier molecular flexibility index (Phi) is 3.47. The Hall–Kier alpha value is -2.20. The van der Waals surface area contributed by atoms with Gasteiger partial charge in [0.15, 0.2) is 0 Å². The van der Waals surface area contributed by atoms with Crippen molar-refractivity contribution in [3.05, 3.63) is 53.3 Å². The van der Waals surface area contributed by atoms with E-state index in [0.29, 0.717) is 17.9 Å². The summed E-state index contributed by atoms with van der Waals surface area (Å²) < 4.78 is 15.9. The number of halogens is 1. The van der Waals surface area contributed by atoms with Gasteiger partial charge in [-0.1, -0.05) is 12.1 Å². The molecule has 0 atom stereocenters. The summed E-state index contributed by atoms with van der Waals surface area (Å²) in [6, 6.07) is 10.6. The molecule has 0 unspecified atom stereocenters. The third-order valence-electron chi connectivity index (χ3n) is 3.80. The van der Waals surface area contributed by atoms with Crippen molar-refractivity contribution in [2.75, 3.05) is 6.61 Å². The zero-order valence-electron chi connectivity index (χ0n) is 12.1. The van der Waals surface area contributed by atoms with E-state index in [4.69, 9.17) is 0 Å². The van der Waals surface area contributed by atoms with Crippen molar-refractivity contribution < 1.29 is 9.50 Å². The summed E-state index contributed by atoms with van der Waals surface area (Å²) in [5.74, 6) is 0.252. The molecule has 3 nitrogen and oxygen atoms in total. The number of aliphatic hydroxyl groups excluding tert-OH is 1. The van der Waals surface area contributed by atoms with Crippen molar-refractivity contribution in [3.8, 4) is 11.4 Å². The second-order valence-electron chi connectivity index (χ2n) is 5.22. The second-order valence-corrected chi connectivity index (χ2v) is 5.22. The molecule has 0 aliphatic heterocycles. The lowest BCUT2D eigenvalue weighted by molar-refractivity contribution is 0.278. The predicted octanol–water partition coefficient (Wildman–Crippen LogP) is 3.45. The molecule has 3 rings (SSSR count). The van der Waals surface area contributed by atoms with Gasteiger partial charge in [0.2, 0.25) is 0 Å². The minimum atomic E-state index is -0.305. The molecule has 4 heteroatoms. The Morgan fingerprint density at radius 3 is 2.57 bits per heavy atom. The highest BCUT2D eigenvalue weighted by Gasteiger charge is 2.15. The number of benzene rings is 2. The van der Waals surface area contributed by atoms with E-state index in [2.05, 4.69) is 4.98 Å².